The molecule has 0 amide bonds. The van der Waals surface area contributed by atoms with Crippen LogP contribution in [0.25, 0.3) is 0 Å². The van der Waals surface area contributed by atoms with E-state index in [2.05, 4.69) is 39.9 Å². The predicted molar refractivity (Wildman–Crippen MR) is 64.0 cm³/mol. The monoisotopic (exact) mass is 218 g/mol. The molecule has 0 saturated carbocycles. The van der Waals surface area contributed by atoms with Crippen LogP contribution in [0.4, 0.5) is 0 Å². The molecule has 1 aromatic carbocycles. The van der Waals surface area contributed by atoms with Gasteiger partial charge in [0.15, 0.2) is 0 Å². The number of benzene rings is 1. The minimum atomic E-state index is 1.06. The van der Waals surface area contributed by atoms with Gasteiger partial charge in [0.1, 0.15) is 0 Å². The van der Waals surface area contributed by atoms with Crippen LogP contribution in [0.1, 0.15) is 6.42 Å². The highest BCUT2D eigenvalue weighted by Gasteiger charge is 1.93. The van der Waals surface area contributed by atoms with Gasteiger partial charge in [-0.05, 0) is 24.3 Å². The largest absolute Gasteiger partial charge is 0.337 e. The molecule has 0 unspecified atom stereocenters. The molecule has 2 aromatic rings. The van der Waals surface area contributed by atoms with E-state index in [1.165, 1.54) is 11.3 Å². The zero-order valence-electron chi connectivity index (χ0n) is 8.54. The van der Waals surface area contributed by atoms with Gasteiger partial charge in [0, 0.05) is 23.8 Å². The van der Waals surface area contributed by atoms with E-state index in [-0.39, 0.29) is 0 Å². The number of imidazole rings is 1. The molecule has 15 heavy (non-hydrogen) atoms. The van der Waals surface area contributed by atoms with E-state index < -0.39 is 0 Å². The third kappa shape index (κ3) is 3.44. The quantitative estimate of drug-likeness (QED) is 0.567. The van der Waals surface area contributed by atoms with Gasteiger partial charge in [0.25, 0.3) is 0 Å². The van der Waals surface area contributed by atoms with Gasteiger partial charge in [-0.1, -0.05) is 18.2 Å². The number of aryl methyl sites for hydroxylation is 1. The molecule has 0 aliphatic rings. The van der Waals surface area contributed by atoms with Gasteiger partial charge in [0.05, 0.1) is 6.33 Å². The number of hydrogen-bond acceptors (Lipinski definition) is 2. The Hall–Kier alpha value is -1.22. The first-order valence-electron chi connectivity index (χ1n) is 5.09. The summed E-state index contributed by atoms with van der Waals surface area (Å²) in [5, 5.41) is 0. The van der Waals surface area contributed by atoms with Crippen molar-refractivity contribution in [2.75, 3.05) is 5.75 Å². The van der Waals surface area contributed by atoms with Crippen molar-refractivity contribution in [1.29, 1.82) is 0 Å². The van der Waals surface area contributed by atoms with E-state index in [1.807, 2.05) is 30.5 Å². The first kappa shape index (κ1) is 10.3. The van der Waals surface area contributed by atoms with Gasteiger partial charge in [-0.2, -0.15) is 0 Å². The van der Waals surface area contributed by atoms with Crippen LogP contribution >= 0.6 is 11.8 Å². The van der Waals surface area contributed by atoms with Gasteiger partial charge in [0.2, 0.25) is 0 Å². The molecule has 0 N–H and O–H groups in total. The number of thioether (sulfide) groups is 1. The van der Waals surface area contributed by atoms with Crippen LogP contribution in [-0.4, -0.2) is 15.3 Å². The molecule has 0 saturated heterocycles. The van der Waals surface area contributed by atoms with Crippen LogP contribution in [0.3, 0.4) is 0 Å². The summed E-state index contributed by atoms with van der Waals surface area (Å²) in [5.74, 6) is 1.15. The number of nitrogens with zero attached hydrogens (tertiary/aromatic N) is 2. The van der Waals surface area contributed by atoms with Crippen molar-refractivity contribution in [2.45, 2.75) is 17.9 Å². The Morgan fingerprint density at radius 1 is 1.20 bits per heavy atom. The Kier molecular flexibility index (Phi) is 3.85. The van der Waals surface area contributed by atoms with Crippen molar-refractivity contribution in [2.24, 2.45) is 0 Å². The van der Waals surface area contributed by atoms with Crippen LogP contribution in [0.5, 0.6) is 0 Å². The Balaban J connectivity index is 1.68. The molecule has 1 heterocycles. The second kappa shape index (κ2) is 5.61. The Morgan fingerprint density at radius 3 is 2.80 bits per heavy atom. The lowest BCUT2D eigenvalue weighted by Crippen LogP contribution is -1.95. The summed E-state index contributed by atoms with van der Waals surface area (Å²) in [5.41, 5.74) is 0. The molecule has 0 aliphatic carbocycles. The molecular formula is C12H14N2S. The Labute approximate surface area is 94.3 Å². The number of hydrogen-bond donors (Lipinski definition) is 0. The molecule has 0 aliphatic heterocycles. The standard InChI is InChI=1S/C12H14N2S/c1-2-5-12(6-3-1)15-10-4-8-14-9-7-13-11-14/h1-3,5-7,9,11H,4,8,10H2. The lowest BCUT2D eigenvalue weighted by molar-refractivity contribution is 0.683. The number of aromatic nitrogens is 2. The maximum atomic E-state index is 4.02. The van der Waals surface area contributed by atoms with Gasteiger partial charge in [-0.3, -0.25) is 0 Å². The van der Waals surface area contributed by atoms with Crippen LogP contribution < -0.4 is 0 Å². The molecule has 0 radical (unpaired) electrons. The van der Waals surface area contributed by atoms with Crippen molar-refractivity contribution >= 4 is 11.8 Å². The molecule has 2 rings (SSSR count). The summed E-state index contributed by atoms with van der Waals surface area (Å²) in [6.07, 6.45) is 6.88. The zero-order chi connectivity index (χ0) is 10.3. The molecule has 0 spiro atoms. The lowest BCUT2D eigenvalue weighted by atomic mass is 10.4. The van der Waals surface area contributed by atoms with Crippen LogP contribution in [0, 0.1) is 0 Å². The summed E-state index contributed by atoms with van der Waals surface area (Å²) in [6.45, 7) is 1.06. The Morgan fingerprint density at radius 2 is 2.07 bits per heavy atom. The summed E-state index contributed by atoms with van der Waals surface area (Å²) >= 11 is 1.91. The van der Waals surface area contributed by atoms with Gasteiger partial charge < -0.3 is 4.57 Å². The maximum absolute atomic E-state index is 4.02. The molecule has 3 heteroatoms. The Bertz CT molecular complexity index is 370. The summed E-state index contributed by atoms with van der Waals surface area (Å²) in [4.78, 5) is 5.37. The third-order valence-electron chi connectivity index (χ3n) is 2.13. The molecule has 2 nitrogen and oxygen atoms in total. The summed E-state index contributed by atoms with van der Waals surface area (Å²) < 4.78 is 2.12. The fraction of sp³-hybridized carbons (Fsp3) is 0.250. The normalized spacial score (nSPS) is 10.4. The number of rotatable bonds is 5. The topological polar surface area (TPSA) is 17.8 Å². The van der Waals surface area contributed by atoms with E-state index in [9.17, 15) is 0 Å². The van der Waals surface area contributed by atoms with Gasteiger partial charge >= 0.3 is 0 Å². The maximum Gasteiger partial charge on any atom is 0.0945 e. The van der Waals surface area contributed by atoms with Crippen molar-refractivity contribution in [3.05, 3.63) is 49.1 Å². The molecule has 0 atom stereocenters. The average molecular weight is 218 g/mol. The average Bonchev–Trinajstić information content (AvgIpc) is 2.79. The van der Waals surface area contributed by atoms with Crippen molar-refractivity contribution < 1.29 is 0 Å². The van der Waals surface area contributed by atoms with Crippen molar-refractivity contribution in [3.63, 3.8) is 0 Å². The van der Waals surface area contributed by atoms with Crippen LogP contribution in [0.2, 0.25) is 0 Å². The molecular weight excluding hydrogens is 204 g/mol. The first-order valence-corrected chi connectivity index (χ1v) is 6.07. The van der Waals surface area contributed by atoms with Crippen LogP contribution in [-0.2, 0) is 6.54 Å². The van der Waals surface area contributed by atoms with E-state index in [0.717, 1.165) is 12.3 Å². The van der Waals surface area contributed by atoms with E-state index in [4.69, 9.17) is 0 Å². The highest BCUT2D eigenvalue weighted by molar-refractivity contribution is 7.99. The smallest absolute Gasteiger partial charge is 0.0945 e. The van der Waals surface area contributed by atoms with Crippen molar-refractivity contribution in [3.8, 4) is 0 Å². The highest BCUT2D eigenvalue weighted by Crippen LogP contribution is 2.17. The predicted octanol–water partition coefficient (Wildman–Crippen LogP) is 3.07. The molecule has 0 fully saturated rings. The highest BCUT2D eigenvalue weighted by atomic mass is 32.2. The SMILES string of the molecule is c1ccc(SCCCn2ccnc2)cc1. The molecule has 1 aromatic heterocycles. The van der Waals surface area contributed by atoms with Crippen molar-refractivity contribution in [1.82, 2.24) is 9.55 Å². The lowest BCUT2D eigenvalue weighted by Gasteiger charge is -2.02. The second-order valence-electron chi connectivity index (χ2n) is 3.32. The zero-order valence-corrected chi connectivity index (χ0v) is 9.36. The summed E-state index contributed by atoms with van der Waals surface area (Å²) in [6, 6.07) is 10.5. The minimum Gasteiger partial charge on any atom is -0.337 e. The fourth-order valence-electron chi connectivity index (χ4n) is 1.37. The van der Waals surface area contributed by atoms with E-state index >= 15 is 0 Å². The van der Waals surface area contributed by atoms with E-state index in [0.29, 0.717) is 0 Å². The van der Waals surface area contributed by atoms with Crippen LogP contribution in [0.15, 0.2) is 53.9 Å². The second-order valence-corrected chi connectivity index (χ2v) is 4.48. The molecule has 0 bridgehead atoms. The van der Waals surface area contributed by atoms with Gasteiger partial charge in [-0.15, -0.1) is 11.8 Å². The third-order valence-corrected chi connectivity index (χ3v) is 3.23. The minimum absolute atomic E-state index is 1.06. The summed E-state index contributed by atoms with van der Waals surface area (Å²) in [7, 11) is 0. The molecule has 78 valence electrons. The fourth-order valence-corrected chi connectivity index (χ4v) is 2.23. The van der Waals surface area contributed by atoms with E-state index in [1.54, 1.807) is 0 Å². The first-order chi connectivity index (χ1) is 7.45. The van der Waals surface area contributed by atoms with Gasteiger partial charge in [-0.25, -0.2) is 4.98 Å².